The molecule has 3 aromatic rings. The van der Waals surface area contributed by atoms with Gasteiger partial charge >= 0.3 is 0 Å². The molecule has 0 spiro atoms. The van der Waals surface area contributed by atoms with Crippen LogP contribution in [-0.4, -0.2) is 57.8 Å². The van der Waals surface area contributed by atoms with Crippen molar-refractivity contribution in [3.63, 3.8) is 0 Å². The van der Waals surface area contributed by atoms with Crippen molar-refractivity contribution >= 4 is 34.7 Å². The van der Waals surface area contributed by atoms with Crippen molar-refractivity contribution in [2.24, 2.45) is 0 Å². The van der Waals surface area contributed by atoms with E-state index in [9.17, 15) is 4.79 Å². The number of aromatic nitrogens is 3. The highest BCUT2D eigenvalue weighted by atomic mass is 32.2. The summed E-state index contributed by atoms with van der Waals surface area (Å²) in [6.07, 6.45) is 1.84. The predicted molar refractivity (Wildman–Crippen MR) is 104 cm³/mol. The number of fused-ring (bicyclic) bond motifs is 2. The van der Waals surface area contributed by atoms with Crippen LogP contribution in [0, 0.1) is 0 Å². The van der Waals surface area contributed by atoms with Gasteiger partial charge in [-0.1, -0.05) is 23.9 Å². The molecule has 0 N–H and O–H groups in total. The molecule has 9 heteroatoms. The first-order valence-electron chi connectivity index (χ1n) is 9.20. The van der Waals surface area contributed by atoms with Gasteiger partial charge in [0.05, 0.1) is 31.2 Å². The number of hydrogen-bond acceptors (Lipinski definition) is 8. The van der Waals surface area contributed by atoms with E-state index in [1.807, 2.05) is 30.5 Å². The Kier molecular flexibility index (Phi) is 4.61. The Morgan fingerprint density at radius 2 is 2.00 bits per heavy atom. The number of anilines is 1. The molecule has 1 saturated heterocycles. The van der Waals surface area contributed by atoms with Crippen LogP contribution in [0.4, 0.5) is 5.95 Å². The lowest BCUT2D eigenvalue weighted by Gasteiger charge is -2.26. The zero-order chi connectivity index (χ0) is 18.9. The topological polar surface area (TPSA) is 84.6 Å². The Balaban J connectivity index is 1.22. The average Bonchev–Trinajstić information content (AvgIpc) is 3.35. The number of morpholine rings is 1. The molecular weight excluding hydrogens is 378 g/mol. The number of amides is 1. The number of hydrogen-bond donors (Lipinski definition) is 0. The fourth-order valence-electron chi connectivity index (χ4n) is 3.36. The SMILES string of the molecule is O=C(CSc1nc2ccccc2o1)N1Cc2cnc(N3CCOCC3)nc2C1. The molecule has 0 atom stereocenters. The molecule has 2 aromatic heterocycles. The first kappa shape index (κ1) is 17.4. The number of carbonyl (C=O) groups is 1. The highest BCUT2D eigenvalue weighted by Gasteiger charge is 2.26. The van der Waals surface area contributed by atoms with Gasteiger partial charge in [0.1, 0.15) is 5.52 Å². The fourth-order valence-corrected chi connectivity index (χ4v) is 4.10. The van der Waals surface area contributed by atoms with Gasteiger partial charge in [-0.3, -0.25) is 4.79 Å². The molecule has 8 nitrogen and oxygen atoms in total. The summed E-state index contributed by atoms with van der Waals surface area (Å²) in [4.78, 5) is 30.1. The number of rotatable bonds is 4. The summed E-state index contributed by atoms with van der Waals surface area (Å²) in [6.45, 7) is 4.04. The molecule has 0 unspecified atom stereocenters. The van der Waals surface area contributed by atoms with E-state index < -0.39 is 0 Å². The lowest BCUT2D eigenvalue weighted by molar-refractivity contribution is -0.128. The molecule has 28 heavy (non-hydrogen) atoms. The van der Waals surface area contributed by atoms with Gasteiger partial charge in [-0.25, -0.2) is 15.0 Å². The molecule has 5 rings (SSSR count). The van der Waals surface area contributed by atoms with Gasteiger partial charge < -0.3 is 19.0 Å². The second kappa shape index (κ2) is 7.40. The summed E-state index contributed by atoms with van der Waals surface area (Å²) in [5.74, 6) is 1.04. The van der Waals surface area contributed by atoms with Crippen LogP contribution in [0.25, 0.3) is 11.1 Å². The van der Waals surface area contributed by atoms with Crippen molar-refractivity contribution in [2.45, 2.75) is 18.3 Å². The highest BCUT2D eigenvalue weighted by Crippen LogP contribution is 2.26. The van der Waals surface area contributed by atoms with Gasteiger partial charge in [-0.15, -0.1) is 0 Å². The minimum atomic E-state index is 0.0400. The van der Waals surface area contributed by atoms with E-state index in [4.69, 9.17) is 9.15 Å². The average molecular weight is 397 g/mol. The maximum Gasteiger partial charge on any atom is 0.257 e. The smallest absolute Gasteiger partial charge is 0.257 e. The summed E-state index contributed by atoms with van der Waals surface area (Å²) in [6, 6.07) is 7.58. The van der Waals surface area contributed by atoms with E-state index in [1.165, 1.54) is 11.8 Å². The Bertz CT molecular complexity index is 985. The van der Waals surface area contributed by atoms with Crippen LogP contribution in [0.2, 0.25) is 0 Å². The third-order valence-corrected chi connectivity index (χ3v) is 5.70. The molecule has 2 aliphatic heterocycles. The highest BCUT2D eigenvalue weighted by molar-refractivity contribution is 7.99. The van der Waals surface area contributed by atoms with Gasteiger partial charge in [0.25, 0.3) is 5.22 Å². The summed E-state index contributed by atoms with van der Waals surface area (Å²) in [5.41, 5.74) is 3.47. The minimum Gasteiger partial charge on any atom is -0.431 e. The van der Waals surface area contributed by atoms with Crippen LogP contribution < -0.4 is 4.90 Å². The molecule has 0 radical (unpaired) electrons. The van der Waals surface area contributed by atoms with Gasteiger partial charge in [-0.05, 0) is 12.1 Å². The third kappa shape index (κ3) is 3.43. The monoisotopic (exact) mass is 397 g/mol. The molecule has 1 fully saturated rings. The quantitative estimate of drug-likeness (QED) is 0.619. The van der Waals surface area contributed by atoms with Crippen molar-refractivity contribution in [3.05, 3.63) is 41.7 Å². The number of benzene rings is 1. The van der Waals surface area contributed by atoms with Crippen molar-refractivity contribution in [3.8, 4) is 0 Å². The van der Waals surface area contributed by atoms with E-state index in [0.717, 1.165) is 41.4 Å². The standard InChI is InChI=1S/C19H19N5O3S/c25-17(12-28-19-22-14-3-1-2-4-16(14)27-19)24-10-13-9-20-18(21-15(13)11-24)23-5-7-26-8-6-23/h1-4,9H,5-8,10-12H2. The number of oxazole rings is 1. The normalized spacial score (nSPS) is 16.6. The molecule has 4 heterocycles. The molecule has 0 saturated carbocycles. The van der Waals surface area contributed by atoms with Crippen LogP contribution in [0.3, 0.4) is 0 Å². The molecule has 1 aromatic carbocycles. The lowest BCUT2D eigenvalue weighted by Crippen LogP contribution is -2.37. The van der Waals surface area contributed by atoms with Gasteiger partial charge in [-0.2, -0.15) is 0 Å². The van der Waals surface area contributed by atoms with Crippen LogP contribution in [0.5, 0.6) is 0 Å². The number of para-hydroxylation sites is 2. The molecule has 0 bridgehead atoms. The largest absolute Gasteiger partial charge is 0.431 e. The van der Waals surface area contributed by atoms with Gasteiger partial charge in [0.2, 0.25) is 11.9 Å². The Labute approximate surface area is 165 Å². The maximum atomic E-state index is 12.6. The summed E-state index contributed by atoms with van der Waals surface area (Å²) >= 11 is 1.32. The number of thioether (sulfide) groups is 1. The van der Waals surface area contributed by atoms with Crippen molar-refractivity contribution < 1.29 is 13.9 Å². The maximum absolute atomic E-state index is 12.6. The van der Waals surface area contributed by atoms with Gasteiger partial charge in [0.15, 0.2) is 5.58 Å². The van der Waals surface area contributed by atoms with E-state index in [1.54, 1.807) is 4.90 Å². The first-order chi connectivity index (χ1) is 13.8. The van der Waals surface area contributed by atoms with E-state index >= 15 is 0 Å². The van der Waals surface area contributed by atoms with E-state index in [-0.39, 0.29) is 11.7 Å². The minimum absolute atomic E-state index is 0.0400. The van der Waals surface area contributed by atoms with Crippen molar-refractivity contribution in [1.82, 2.24) is 19.9 Å². The molecule has 0 aliphatic carbocycles. The van der Waals surface area contributed by atoms with E-state index in [2.05, 4.69) is 19.9 Å². The van der Waals surface area contributed by atoms with Crippen LogP contribution in [0.15, 0.2) is 40.1 Å². The molecule has 1 amide bonds. The third-order valence-electron chi connectivity index (χ3n) is 4.88. The second-order valence-electron chi connectivity index (χ2n) is 6.73. The Hall–Kier alpha value is -2.65. The summed E-state index contributed by atoms with van der Waals surface area (Å²) in [5, 5.41) is 0.514. The number of nitrogens with zero attached hydrogens (tertiary/aromatic N) is 5. The van der Waals surface area contributed by atoms with Crippen molar-refractivity contribution in [2.75, 3.05) is 37.0 Å². The first-order valence-corrected chi connectivity index (χ1v) is 10.2. The molecule has 144 valence electrons. The zero-order valence-electron chi connectivity index (χ0n) is 15.2. The van der Waals surface area contributed by atoms with Crippen LogP contribution in [-0.2, 0) is 22.6 Å². The zero-order valence-corrected chi connectivity index (χ0v) is 16.0. The summed E-state index contributed by atoms with van der Waals surface area (Å²) < 4.78 is 11.0. The summed E-state index contributed by atoms with van der Waals surface area (Å²) in [7, 11) is 0. The molecule has 2 aliphatic rings. The van der Waals surface area contributed by atoms with Gasteiger partial charge in [0, 0.05) is 31.4 Å². The fraction of sp³-hybridized carbons (Fsp3) is 0.368. The molecular formula is C19H19N5O3S. The van der Waals surface area contributed by atoms with E-state index in [0.29, 0.717) is 31.5 Å². The number of carbonyl (C=O) groups excluding carboxylic acids is 1. The lowest BCUT2D eigenvalue weighted by atomic mass is 10.3. The van der Waals surface area contributed by atoms with Crippen LogP contribution in [0.1, 0.15) is 11.3 Å². The Morgan fingerprint density at radius 1 is 1.14 bits per heavy atom. The van der Waals surface area contributed by atoms with Crippen LogP contribution >= 0.6 is 11.8 Å². The Morgan fingerprint density at radius 3 is 2.86 bits per heavy atom. The predicted octanol–water partition coefficient (Wildman–Crippen LogP) is 2.09. The number of ether oxygens (including phenoxy) is 1. The second-order valence-corrected chi connectivity index (χ2v) is 7.65. The van der Waals surface area contributed by atoms with Crippen molar-refractivity contribution in [1.29, 1.82) is 0 Å².